The molecule has 17 heavy (non-hydrogen) atoms. The van der Waals surface area contributed by atoms with Crippen LogP contribution in [0.25, 0.3) is 0 Å². The van der Waals surface area contributed by atoms with Crippen LogP contribution >= 0.6 is 0 Å². The molecule has 1 aromatic heterocycles. The van der Waals surface area contributed by atoms with E-state index in [1.807, 2.05) is 12.1 Å². The van der Waals surface area contributed by atoms with Gasteiger partial charge in [-0.25, -0.2) is 4.98 Å². The zero-order valence-electron chi connectivity index (χ0n) is 9.89. The van der Waals surface area contributed by atoms with E-state index in [2.05, 4.69) is 16.4 Å². The first-order chi connectivity index (χ1) is 8.35. The normalized spacial score (nSPS) is 30.2. The maximum absolute atomic E-state index is 8.69. The molecular formula is C14H17N3. The summed E-state index contributed by atoms with van der Waals surface area (Å²) in [6, 6.07) is 5.79. The quantitative estimate of drug-likeness (QED) is 0.863. The highest BCUT2D eigenvalue weighted by Gasteiger charge is 2.38. The molecule has 3 nitrogen and oxygen atoms in total. The van der Waals surface area contributed by atoms with Crippen molar-refractivity contribution in [3.8, 4) is 6.07 Å². The van der Waals surface area contributed by atoms with Crippen molar-refractivity contribution in [2.75, 3.05) is 11.9 Å². The van der Waals surface area contributed by atoms with Crippen LogP contribution in [0.15, 0.2) is 18.3 Å². The summed E-state index contributed by atoms with van der Waals surface area (Å²) < 4.78 is 0. The molecule has 1 heterocycles. The second-order valence-electron chi connectivity index (χ2n) is 5.36. The molecule has 0 aromatic carbocycles. The molecule has 3 unspecified atom stereocenters. The minimum absolute atomic E-state index is 0.621. The first kappa shape index (κ1) is 10.6. The smallest absolute Gasteiger partial charge is 0.125 e. The number of hydrogen-bond acceptors (Lipinski definition) is 3. The number of fused-ring (bicyclic) bond motifs is 2. The third-order valence-corrected chi connectivity index (χ3v) is 4.32. The van der Waals surface area contributed by atoms with Crippen LogP contribution in [0.4, 0.5) is 5.82 Å². The first-order valence-corrected chi connectivity index (χ1v) is 6.45. The number of nitriles is 1. The van der Waals surface area contributed by atoms with Gasteiger partial charge in [0.1, 0.15) is 11.9 Å². The summed E-state index contributed by atoms with van der Waals surface area (Å²) in [5, 5.41) is 12.1. The van der Waals surface area contributed by atoms with E-state index in [0.717, 1.165) is 30.1 Å². The molecule has 0 spiro atoms. The zero-order valence-corrected chi connectivity index (χ0v) is 9.89. The second-order valence-corrected chi connectivity index (χ2v) is 5.36. The van der Waals surface area contributed by atoms with Crippen LogP contribution in [0.5, 0.6) is 0 Å². The van der Waals surface area contributed by atoms with Crippen molar-refractivity contribution in [2.24, 2.45) is 17.8 Å². The third kappa shape index (κ3) is 2.12. The minimum atomic E-state index is 0.621. The van der Waals surface area contributed by atoms with E-state index in [4.69, 9.17) is 5.26 Å². The van der Waals surface area contributed by atoms with Crippen LogP contribution in [0.3, 0.4) is 0 Å². The monoisotopic (exact) mass is 227 g/mol. The van der Waals surface area contributed by atoms with Gasteiger partial charge in [0.2, 0.25) is 0 Å². The van der Waals surface area contributed by atoms with Crippen molar-refractivity contribution in [3.05, 3.63) is 23.9 Å². The number of nitrogens with one attached hydrogen (secondary N) is 1. The predicted molar refractivity (Wildman–Crippen MR) is 66.4 cm³/mol. The molecule has 88 valence electrons. The van der Waals surface area contributed by atoms with Crippen molar-refractivity contribution in [3.63, 3.8) is 0 Å². The lowest BCUT2D eigenvalue weighted by Gasteiger charge is -2.22. The molecule has 0 saturated heterocycles. The Morgan fingerprint density at radius 3 is 2.88 bits per heavy atom. The third-order valence-electron chi connectivity index (χ3n) is 4.32. The SMILES string of the molecule is N#Cc1ccc(NCC2CC3CCC2C3)nc1. The van der Waals surface area contributed by atoms with Gasteiger partial charge in [-0.15, -0.1) is 0 Å². The topological polar surface area (TPSA) is 48.7 Å². The lowest BCUT2D eigenvalue weighted by Crippen LogP contribution is -2.20. The largest absolute Gasteiger partial charge is 0.370 e. The van der Waals surface area contributed by atoms with Crippen LogP contribution in [0.2, 0.25) is 0 Å². The number of hydrogen-bond donors (Lipinski definition) is 1. The van der Waals surface area contributed by atoms with Gasteiger partial charge in [0.25, 0.3) is 0 Å². The van der Waals surface area contributed by atoms with E-state index in [1.165, 1.54) is 25.7 Å². The fourth-order valence-corrected chi connectivity index (χ4v) is 3.43. The number of pyridine rings is 1. The van der Waals surface area contributed by atoms with Gasteiger partial charge in [0, 0.05) is 12.7 Å². The Hall–Kier alpha value is -1.56. The molecule has 3 rings (SSSR count). The molecule has 2 saturated carbocycles. The highest BCUT2D eigenvalue weighted by molar-refractivity contribution is 5.38. The standard InChI is InChI=1S/C14H17N3/c15-7-11-2-4-14(16-8-11)17-9-13-6-10-1-3-12(13)5-10/h2,4,8,10,12-13H,1,3,5-6,9H2,(H,16,17). The molecule has 2 aliphatic carbocycles. The second kappa shape index (κ2) is 4.37. The Morgan fingerprint density at radius 1 is 1.35 bits per heavy atom. The lowest BCUT2D eigenvalue weighted by molar-refractivity contribution is 0.348. The average Bonchev–Trinajstić information content (AvgIpc) is 2.99. The summed E-state index contributed by atoms with van der Waals surface area (Å²) in [5.41, 5.74) is 0.621. The van der Waals surface area contributed by atoms with Gasteiger partial charge < -0.3 is 5.32 Å². The Balaban J connectivity index is 1.55. The average molecular weight is 227 g/mol. The number of nitrogens with zero attached hydrogens (tertiary/aromatic N) is 2. The summed E-state index contributed by atoms with van der Waals surface area (Å²) in [5.74, 6) is 3.68. The zero-order chi connectivity index (χ0) is 11.7. The molecule has 0 amide bonds. The van der Waals surface area contributed by atoms with Gasteiger partial charge in [-0.05, 0) is 49.1 Å². The maximum Gasteiger partial charge on any atom is 0.125 e. The summed E-state index contributed by atoms with van der Waals surface area (Å²) in [4.78, 5) is 4.24. The summed E-state index contributed by atoms with van der Waals surface area (Å²) in [7, 11) is 0. The molecule has 0 radical (unpaired) electrons. The van der Waals surface area contributed by atoms with Crippen LogP contribution < -0.4 is 5.32 Å². The Bertz CT molecular complexity index is 432. The van der Waals surface area contributed by atoms with Gasteiger partial charge in [0.05, 0.1) is 5.56 Å². The Kier molecular flexibility index (Phi) is 2.72. The van der Waals surface area contributed by atoms with Crippen LogP contribution in [0.1, 0.15) is 31.2 Å². The highest BCUT2D eigenvalue weighted by Crippen LogP contribution is 2.48. The molecule has 1 N–H and O–H groups in total. The first-order valence-electron chi connectivity index (χ1n) is 6.45. The molecule has 3 atom stereocenters. The molecule has 1 aromatic rings. The molecule has 2 aliphatic rings. The fourth-order valence-electron chi connectivity index (χ4n) is 3.43. The van der Waals surface area contributed by atoms with Gasteiger partial charge >= 0.3 is 0 Å². The van der Waals surface area contributed by atoms with E-state index < -0.39 is 0 Å². The van der Waals surface area contributed by atoms with Crippen molar-refractivity contribution in [1.29, 1.82) is 5.26 Å². The molecular weight excluding hydrogens is 210 g/mol. The van der Waals surface area contributed by atoms with Gasteiger partial charge in [-0.2, -0.15) is 5.26 Å². The number of anilines is 1. The fraction of sp³-hybridized carbons (Fsp3) is 0.571. The van der Waals surface area contributed by atoms with E-state index >= 15 is 0 Å². The van der Waals surface area contributed by atoms with Crippen molar-refractivity contribution in [1.82, 2.24) is 4.98 Å². The van der Waals surface area contributed by atoms with Gasteiger partial charge in [-0.1, -0.05) is 6.42 Å². The van der Waals surface area contributed by atoms with E-state index in [9.17, 15) is 0 Å². The van der Waals surface area contributed by atoms with E-state index in [0.29, 0.717) is 5.56 Å². The minimum Gasteiger partial charge on any atom is -0.370 e. The number of aromatic nitrogens is 1. The summed E-state index contributed by atoms with van der Waals surface area (Å²) >= 11 is 0. The van der Waals surface area contributed by atoms with Crippen molar-refractivity contribution >= 4 is 5.82 Å². The molecule has 2 fully saturated rings. The number of rotatable bonds is 3. The van der Waals surface area contributed by atoms with Crippen molar-refractivity contribution < 1.29 is 0 Å². The van der Waals surface area contributed by atoms with Crippen LogP contribution in [-0.4, -0.2) is 11.5 Å². The molecule has 2 bridgehead atoms. The highest BCUT2D eigenvalue weighted by atomic mass is 15.0. The predicted octanol–water partition coefficient (Wildman–Crippen LogP) is 2.80. The van der Waals surface area contributed by atoms with Gasteiger partial charge in [-0.3, -0.25) is 0 Å². The summed E-state index contributed by atoms with van der Waals surface area (Å²) in [6.07, 6.45) is 7.36. The van der Waals surface area contributed by atoms with Crippen molar-refractivity contribution in [2.45, 2.75) is 25.7 Å². The van der Waals surface area contributed by atoms with E-state index in [-0.39, 0.29) is 0 Å². The van der Waals surface area contributed by atoms with Gasteiger partial charge in [0.15, 0.2) is 0 Å². The van der Waals surface area contributed by atoms with Crippen LogP contribution in [-0.2, 0) is 0 Å². The Labute approximate surface area is 102 Å². The van der Waals surface area contributed by atoms with E-state index in [1.54, 1.807) is 6.20 Å². The molecule has 0 aliphatic heterocycles. The Morgan fingerprint density at radius 2 is 2.29 bits per heavy atom. The lowest BCUT2D eigenvalue weighted by atomic mass is 9.89. The maximum atomic E-state index is 8.69. The molecule has 3 heteroatoms. The van der Waals surface area contributed by atoms with Crippen LogP contribution in [0, 0.1) is 29.1 Å². The summed E-state index contributed by atoms with van der Waals surface area (Å²) in [6.45, 7) is 1.04.